The lowest BCUT2D eigenvalue weighted by atomic mass is 9.94. The molecule has 0 spiro atoms. The molecule has 2 heterocycles. The molecule has 0 radical (unpaired) electrons. The highest BCUT2D eigenvalue weighted by atomic mass is 35.5. The third-order valence-electron chi connectivity index (χ3n) is 3.63. The van der Waals surface area contributed by atoms with E-state index in [0.29, 0.717) is 49.4 Å². The molecular formula is C14H22ClN3O2. The monoisotopic (exact) mass is 299 g/mol. The van der Waals surface area contributed by atoms with E-state index in [2.05, 4.69) is 15.3 Å². The molecule has 1 aromatic heterocycles. The fourth-order valence-electron chi connectivity index (χ4n) is 2.11. The molecular weight excluding hydrogens is 278 g/mol. The first-order valence-electron chi connectivity index (χ1n) is 6.99. The Balaban J connectivity index is 2.12. The van der Waals surface area contributed by atoms with Gasteiger partial charge in [0, 0.05) is 44.1 Å². The Morgan fingerprint density at radius 3 is 2.60 bits per heavy atom. The van der Waals surface area contributed by atoms with Crippen molar-refractivity contribution in [2.45, 2.75) is 45.1 Å². The van der Waals surface area contributed by atoms with Gasteiger partial charge in [-0.1, -0.05) is 25.4 Å². The fraction of sp³-hybridized carbons (Fsp3) is 0.714. The van der Waals surface area contributed by atoms with Gasteiger partial charge in [-0.15, -0.1) is 0 Å². The third kappa shape index (κ3) is 3.59. The van der Waals surface area contributed by atoms with Crippen LogP contribution in [0.15, 0.2) is 0 Å². The van der Waals surface area contributed by atoms with Gasteiger partial charge >= 0.3 is 0 Å². The summed E-state index contributed by atoms with van der Waals surface area (Å²) in [6.45, 7) is 7.57. The largest absolute Gasteiger partial charge is 0.388 e. The average Bonchev–Trinajstić information content (AvgIpc) is 2.41. The van der Waals surface area contributed by atoms with Crippen molar-refractivity contribution in [2.24, 2.45) is 0 Å². The van der Waals surface area contributed by atoms with Gasteiger partial charge in [-0.05, 0) is 6.92 Å². The molecule has 0 aromatic carbocycles. The zero-order valence-electron chi connectivity index (χ0n) is 12.2. The molecule has 20 heavy (non-hydrogen) atoms. The maximum absolute atomic E-state index is 10.5. The van der Waals surface area contributed by atoms with E-state index in [9.17, 15) is 5.11 Å². The number of ether oxygens (including phenoxy) is 1. The van der Waals surface area contributed by atoms with Crippen LogP contribution >= 0.6 is 11.6 Å². The summed E-state index contributed by atoms with van der Waals surface area (Å²) in [5.74, 6) is 1.62. The number of rotatable bonds is 4. The quantitative estimate of drug-likeness (QED) is 0.836. The van der Waals surface area contributed by atoms with Gasteiger partial charge in [0.05, 0.1) is 5.60 Å². The van der Waals surface area contributed by atoms with Crippen LogP contribution in [0.1, 0.15) is 44.0 Å². The molecule has 0 unspecified atom stereocenters. The Bertz CT molecular complexity index is 474. The maximum atomic E-state index is 10.5. The summed E-state index contributed by atoms with van der Waals surface area (Å²) in [5, 5.41) is 14.1. The molecule has 0 atom stereocenters. The zero-order chi connectivity index (χ0) is 14.8. The van der Waals surface area contributed by atoms with Crippen LogP contribution in [0.2, 0.25) is 5.15 Å². The average molecular weight is 300 g/mol. The summed E-state index contributed by atoms with van der Waals surface area (Å²) in [7, 11) is 0. The van der Waals surface area contributed by atoms with Crippen molar-refractivity contribution in [3.63, 3.8) is 0 Å². The smallest absolute Gasteiger partial charge is 0.137 e. The van der Waals surface area contributed by atoms with Crippen LogP contribution in [0.5, 0.6) is 0 Å². The summed E-state index contributed by atoms with van der Waals surface area (Å²) in [6, 6.07) is 0. The predicted octanol–water partition coefficient (Wildman–Crippen LogP) is 2.52. The molecule has 1 saturated heterocycles. The van der Waals surface area contributed by atoms with Crippen molar-refractivity contribution in [1.82, 2.24) is 9.97 Å². The van der Waals surface area contributed by atoms with Crippen molar-refractivity contribution in [1.29, 1.82) is 0 Å². The highest BCUT2D eigenvalue weighted by molar-refractivity contribution is 6.30. The SMILES string of the molecule is Cc1c(Cl)nc(C(C)C)nc1NCC1(O)CCOCC1. The summed E-state index contributed by atoms with van der Waals surface area (Å²) < 4.78 is 5.28. The van der Waals surface area contributed by atoms with Crippen molar-refractivity contribution in [2.75, 3.05) is 25.1 Å². The van der Waals surface area contributed by atoms with E-state index in [1.54, 1.807) is 0 Å². The number of nitrogens with zero attached hydrogens (tertiary/aromatic N) is 2. The Kier molecular flexibility index (Phi) is 4.83. The van der Waals surface area contributed by atoms with E-state index < -0.39 is 5.60 Å². The zero-order valence-corrected chi connectivity index (χ0v) is 13.0. The van der Waals surface area contributed by atoms with E-state index in [4.69, 9.17) is 16.3 Å². The Morgan fingerprint density at radius 1 is 1.35 bits per heavy atom. The van der Waals surface area contributed by atoms with Crippen molar-refractivity contribution < 1.29 is 9.84 Å². The number of hydrogen-bond donors (Lipinski definition) is 2. The fourth-order valence-corrected chi connectivity index (χ4v) is 2.29. The number of halogens is 1. The molecule has 5 nitrogen and oxygen atoms in total. The lowest BCUT2D eigenvalue weighted by Gasteiger charge is -2.32. The van der Waals surface area contributed by atoms with Crippen LogP contribution in [0.25, 0.3) is 0 Å². The molecule has 112 valence electrons. The first kappa shape index (κ1) is 15.5. The van der Waals surface area contributed by atoms with Crippen LogP contribution in [-0.2, 0) is 4.74 Å². The van der Waals surface area contributed by atoms with Gasteiger partial charge in [0.15, 0.2) is 0 Å². The normalized spacial score (nSPS) is 18.3. The minimum atomic E-state index is -0.736. The first-order valence-corrected chi connectivity index (χ1v) is 7.37. The van der Waals surface area contributed by atoms with Crippen LogP contribution in [0.4, 0.5) is 5.82 Å². The number of aliphatic hydroxyl groups is 1. The van der Waals surface area contributed by atoms with Crippen LogP contribution < -0.4 is 5.32 Å². The van der Waals surface area contributed by atoms with Gasteiger partial charge in [-0.25, -0.2) is 9.97 Å². The lowest BCUT2D eigenvalue weighted by molar-refractivity contribution is -0.0543. The molecule has 2 rings (SSSR count). The second-order valence-corrected chi connectivity index (χ2v) is 6.05. The van der Waals surface area contributed by atoms with E-state index in [0.717, 1.165) is 5.56 Å². The third-order valence-corrected chi connectivity index (χ3v) is 4.00. The van der Waals surface area contributed by atoms with Gasteiger partial charge in [-0.2, -0.15) is 0 Å². The Hall–Kier alpha value is -0.910. The van der Waals surface area contributed by atoms with Gasteiger partial charge in [0.25, 0.3) is 0 Å². The van der Waals surface area contributed by atoms with Crippen LogP contribution in [0.3, 0.4) is 0 Å². The van der Waals surface area contributed by atoms with Crippen LogP contribution in [-0.4, -0.2) is 40.4 Å². The van der Waals surface area contributed by atoms with Crippen molar-refractivity contribution in [3.8, 4) is 0 Å². The molecule has 6 heteroatoms. The molecule has 0 amide bonds. The second-order valence-electron chi connectivity index (χ2n) is 5.69. The standard InChI is InChI=1S/C14H22ClN3O2/c1-9(2)12-17-11(15)10(3)13(18-12)16-8-14(19)4-6-20-7-5-14/h9,19H,4-8H2,1-3H3,(H,16,17,18). The van der Waals surface area contributed by atoms with Crippen LogP contribution in [0, 0.1) is 6.92 Å². The van der Waals surface area contributed by atoms with E-state index in [1.165, 1.54) is 0 Å². The summed E-state index contributed by atoms with van der Waals surface area (Å²) in [6.07, 6.45) is 1.27. The van der Waals surface area contributed by atoms with Gasteiger partial charge in [0.2, 0.25) is 0 Å². The Morgan fingerprint density at radius 2 is 2.00 bits per heavy atom. The van der Waals surface area contributed by atoms with Crippen molar-refractivity contribution >= 4 is 17.4 Å². The summed E-state index contributed by atoms with van der Waals surface area (Å²) in [4.78, 5) is 8.78. The molecule has 1 fully saturated rings. The van der Waals surface area contributed by atoms with Gasteiger partial charge in [0.1, 0.15) is 16.8 Å². The van der Waals surface area contributed by atoms with Crippen molar-refractivity contribution in [3.05, 3.63) is 16.5 Å². The molecule has 0 saturated carbocycles. The highest BCUT2D eigenvalue weighted by Gasteiger charge is 2.30. The van der Waals surface area contributed by atoms with E-state index >= 15 is 0 Å². The minimum absolute atomic E-state index is 0.208. The first-order chi connectivity index (χ1) is 9.41. The molecule has 1 aliphatic heterocycles. The predicted molar refractivity (Wildman–Crippen MR) is 79.4 cm³/mol. The second kappa shape index (κ2) is 6.24. The van der Waals surface area contributed by atoms with E-state index in [-0.39, 0.29) is 5.92 Å². The molecule has 1 aliphatic rings. The molecule has 1 aromatic rings. The minimum Gasteiger partial charge on any atom is -0.388 e. The molecule has 2 N–H and O–H groups in total. The topological polar surface area (TPSA) is 67.3 Å². The van der Waals surface area contributed by atoms with Gasteiger partial charge in [-0.3, -0.25) is 0 Å². The molecule has 0 aliphatic carbocycles. The number of anilines is 1. The highest BCUT2D eigenvalue weighted by Crippen LogP contribution is 2.25. The maximum Gasteiger partial charge on any atom is 0.137 e. The van der Waals surface area contributed by atoms with E-state index in [1.807, 2.05) is 20.8 Å². The Labute approximate surface area is 124 Å². The number of hydrogen-bond acceptors (Lipinski definition) is 5. The lowest BCUT2D eigenvalue weighted by Crippen LogP contribution is -2.42. The summed E-state index contributed by atoms with van der Waals surface area (Å²) in [5.41, 5.74) is 0.0758. The van der Waals surface area contributed by atoms with Gasteiger partial charge < -0.3 is 15.2 Å². The summed E-state index contributed by atoms with van der Waals surface area (Å²) >= 11 is 6.15. The number of aromatic nitrogens is 2. The molecule has 0 bridgehead atoms. The number of nitrogens with one attached hydrogen (secondary N) is 1.